The van der Waals surface area contributed by atoms with Gasteiger partial charge in [-0.15, -0.1) is 0 Å². The zero-order valence-electron chi connectivity index (χ0n) is 49.6. The van der Waals surface area contributed by atoms with Gasteiger partial charge in [-0.05, 0) is 77.0 Å². The van der Waals surface area contributed by atoms with E-state index in [2.05, 4.69) is 116 Å². The molecule has 0 spiro atoms. The van der Waals surface area contributed by atoms with Gasteiger partial charge in [0.25, 0.3) is 0 Å². The van der Waals surface area contributed by atoms with Crippen LogP contribution in [-0.2, 0) is 33.2 Å². The molecular weight excluding hydrogens is 1070 g/mol. The van der Waals surface area contributed by atoms with Crippen LogP contribution in [0.5, 0.6) is 0 Å². The van der Waals surface area contributed by atoms with Crippen LogP contribution in [0.4, 0.5) is 0 Å². The third kappa shape index (κ3) is 29.3. The molecule has 3 heterocycles. The van der Waals surface area contributed by atoms with E-state index in [0.717, 1.165) is 122 Å². The lowest BCUT2D eigenvalue weighted by molar-refractivity contribution is -0.379. The number of nitrogens with one attached hydrogen (secondary N) is 1. The van der Waals surface area contributed by atoms with Crippen molar-refractivity contribution in [2.75, 3.05) is 26.4 Å². The molecule has 0 aromatic heterocycles. The molecule has 3 fully saturated rings. The van der Waals surface area contributed by atoms with Crippen molar-refractivity contribution < 1.29 is 89.4 Å². The van der Waals surface area contributed by atoms with Gasteiger partial charge in [0.2, 0.25) is 5.91 Å². The highest BCUT2D eigenvalue weighted by atomic mass is 16.8. The summed E-state index contributed by atoms with van der Waals surface area (Å²) < 4.78 is 34.2. The van der Waals surface area contributed by atoms with Gasteiger partial charge >= 0.3 is 0 Å². The Morgan fingerprint density at radius 1 is 0.446 bits per heavy atom. The minimum Gasteiger partial charge on any atom is -0.394 e. The van der Waals surface area contributed by atoms with E-state index in [4.69, 9.17) is 28.4 Å². The van der Waals surface area contributed by atoms with E-state index in [0.29, 0.717) is 19.3 Å². The van der Waals surface area contributed by atoms with E-state index in [1.165, 1.54) is 6.42 Å². The Morgan fingerprint density at radius 2 is 0.831 bits per heavy atom. The number of carbonyl (C=O) groups is 1. The molecule has 0 radical (unpaired) electrons. The average molecular weight is 1180 g/mol. The monoisotopic (exact) mass is 1180 g/mol. The lowest BCUT2D eigenvalue weighted by Crippen LogP contribution is -2.66. The first-order valence-electron chi connectivity index (χ1n) is 31.0. The Bertz CT molecular complexity index is 1890. The second-order valence-corrected chi connectivity index (χ2v) is 21.8. The van der Waals surface area contributed by atoms with Crippen molar-refractivity contribution in [2.24, 2.45) is 0 Å². The number of ether oxygens (including phenoxy) is 6. The summed E-state index contributed by atoms with van der Waals surface area (Å²) in [5, 5.41) is 120. The van der Waals surface area contributed by atoms with E-state index in [1.54, 1.807) is 0 Å². The number of aliphatic hydroxyl groups excluding tert-OH is 11. The summed E-state index contributed by atoms with van der Waals surface area (Å²) in [6.07, 6.45) is 31.1. The Labute approximate surface area is 494 Å². The first-order valence-corrected chi connectivity index (χ1v) is 31.0. The molecule has 19 nitrogen and oxygen atoms in total. The number of rotatable bonds is 44. The molecule has 83 heavy (non-hydrogen) atoms. The summed E-state index contributed by atoms with van der Waals surface area (Å²) >= 11 is 0. The van der Waals surface area contributed by atoms with Gasteiger partial charge in [0.1, 0.15) is 73.2 Å². The quantitative estimate of drug-likeness (QED) is 0.0241. The van der Waals surface area contributed by atoms with Gasteiger partial charge in [0, 0.05) is 6.42 Å². The molecule has 0 aromatic rings. The third-order valence-electron chi connectivity index (χ3n) is 14.9. The average Bonchev–Trinajstić information content (AvgIpc) is 3.69. The molecule has 0 aromatic carbocycles. The first-order chi connectivity index (χ1) is 40.3. The minimum absolute atomic E-state index is 0.241. The lowest BCUT2D eigenvalue weighted by atomic mass is 9.96. The Balaban J connectivity index is 1.37. The minimum atomic E-state index is -1.98. The molecular formula is C64H107NO18. The van der Waals surface area contributed by atoms with Crippen LogP contribution in [0.2, 0.25) is 0 Å². The fourth-order valence-electron chi connectivity index (χ4n) is 9.86. The zero-order valence-corrected chi connectivity index (χ0v) is 49.6. The smallest absolute Gasteiger partial charge is 0.220 e. The highest BCUT2D eigenvalue weighted by molar-refractivity contribution is 5.76. The highest BCUT2D eigenvalue weighted by Crippen LogP contribution is 2.33. The van der Waals surface area contributed by atoms with Gasteiger partial charge in [0.05, 0.1) is 38.6 Å². The van der Waals surface area contributed by atoms with Gasteiger partial charge in [-0.1, -0.05) is 182 Å². The van der Waals surface area contributed by atoms with Crippen molar-refractivity contribution in [1.29, 1.82) is 0 Å². The number of unbranched alkanes of at least 4 members (excludes halogenated alkanes) is 12. The number of hydrogen-bond acceptors (Lipinski definition) is 18. The molecule has 0 saturated carbocycles. The van der Waals surface area contributed by atoms with E-state index in [9.17, 15) is 61.0 Å². The highest BCUT2D eigenvalue weighted by Gasteiger charge is 2.53. The van der Waals surface area contributed by atoms with Crippen molar-refractivity contribution >= 4 is 5.91 Å². The molecule has 17 unspecified atom stereocenters. The normalized spacial score (nSPS) is 30.1. The van der Waals surface area contributed by atoms with Crippen molar-refractivity contribution in [3.63, 3.8) is 0 Å². The zero-order chi connectivity index (χ0) is 60.5. The van der Waals surface area contributed by atoms with Crippen LogP contribution in [-0.4, -0.2) is 193 Å². The molecule has 1 amide bonds. The largest absolute Gasteiger partial charge is 0.394 e. The van der Waals surface area contributed by atoms with Crippen LogP contribution in [0, 0.1) is 0 Å². The van der Waals surface area contributed by atoms with Crippen molar-refractivity contribution in [1.82, 2.24) is 5.32 Å². The lowest BCUT2D eigenvalue weighted by Gasteiger charge is -2.48. The fraction of sp³-hybridized carbons (Fsp3) is 0.734. The third-order valence-corrected chi connectivity index (χ3v) is 14.9. The van der Waals surface area contributed by atoms with E-state index in [1.807, 2.05) is 0 Å². The molecule has 476 valence electrons. The number of hydrogen-bond donors (Lipinski definition) is 12. The molecule has 19 heteroatoms. The molecule has 17 atom stereocenters. The number of allylic oxidation sites excluding steroid dienone is 16. The van der Waals surface area contributed by atoms with Crippen LogP contribution >= 0.6 is 0 Å². The summed E-state index contributed by atoms with van der Waals surface area (Å²) in [5.41, 5.74) is 0. The summed E-state index contributed by atoms with van der Waals surface area (Å²) in [6.45, 7) is 1.57. The van der Waals surface area contributed by atoms with Crippen molar-refractivity contribution in [2.45, 2.75) is 272 Å². The van der Waals surface area contributed by atoms with Crippen LogP contribution < -0.4 is 5.32 Å². The van der Waals surface area contributed by atoms with E-state index in [-0.39, 0.29) is 18.9 Å². The van der Waals surface area contributed by atoms with Crippen LogP contribution in [0.25, 0.3) is 0 Å². The van der Waals surface area contributed by atoms with E-state index >= 15 is 0 Å². The molecule has 3 saturated heterocycles. The number of carbonyl (C=O) groups excluding carboxylic acids is 1. The maximum absolute atomic E-state index is 13.3. The maximum Gasteiger partial charge on any atom is 0.220 e. The summed E-state index contributed by atoms with van der Waals surface area (Å²) in [7, 11) is 0. The van der Waals surface area contributed by atoms with Crippen molar-refractivity contribution in [3.05, 3.63) is 97.2 Å². The SMILES string of the molecule is CC/C=C\C/C=C\C/C=C\C/C=C\C/C=C\C/C=C\C/C=C\C/C=C\CCCCCCCCC(=O)NC(COC1OC(CO)C(OC2OC(CO)C(OC3OC(CO)C(O)C(O)C3O)C(O)C2O)C(O)C1O)C(O)CCCCCCCCC. The second-order valence-electron chi connectivity index (χ2n) is 21.8. The topological polar surface area (TPSA) is 307 Å². The molecule has 3 aliphatic rings. The van der Waals surface area contributed by atoms with Crippen LogP contribution in [0.15, 0.2) is 97.2 Å². The fourth-order valence-corrected chi connectivity index (χ4v) is 9.86. The Kier molecular flexibility index (Phi) is 40.9. The summed E-state index contributed by atoms with van der Waals surface area (Å²) in [4.78, 5) is 13.3. The molecule has 3 rings (SSSR count). The van der Waals surface area contributed by atoms with Crippen molar-refractivity contribution in [3.8, 4) is 0 Å². The standard InChI is InChI=1S/C64H107NO18/c1-3-5-7-9-11-12-13-14-15-16-17-18-19-20-21-22-23-24-25-26-27-28-29-30-31-32-33-34-36-38-40-42-52(70)65-47(48(69)41-39-37-35-10-8-6-4-2)46-78-62-58(76)55(73)60(50(44-67)80-62)83-64-59(77)56(74)61(51(45-68)81-64)82-63-57(75)54(72)53(71)49(43-66)79-63/h5,7,11-12,14-15,17-18,20-21,23-24,26-27,29-30,47-51,53-64,66-69,71-77H,3-4,6,8-10,13,16,19,22,25,28,31-46H2,1-2H3,(H,65,70)/b7-5-,12-11-,15-14-,18-17-,21-20-,24-23-,27-26-,30-29-. The number of aliphatic hydroxyl groups is 11. The predicted octanol–water partition coefficient (Wildman–Crippen LogP) is 6.15. The molecule has 12 N–H and O–H groups in total. The van der Waals surface area contributed by atoms with Gasteiger partial charge < -0.3 is 89.9 Å². The van der Waals surface area contributed by atoms with Gasteiger partial charge in [0.15, 0.2) is 18.9 Å². The maximum atomic E-state index is 13.3. The van der Waals surface area contributed by atoms with Crippen LogP contribution in [0.1, 0.15) is 168 Å². The van der Waals surface area contributed by atoms with E-state index < -0.39 is 124 Å². The summed E-state index contributed by atoms with van der Waals surface area (Å²) in [6, 6.07) is -0.899. The molecule has 3 aliphatic heterocycles. The predicted molar refractivity (Wildman–Crippen MR) is 318 cm³/mol. The molecule has 0 bridgehead atoms. The molecule has 0 aliphatic carbocycles. The van der Waals surface area contributed by atoms with Gasteiger partial charge in [-0.3, -0.25) is 4.79 Å². The van der Waals surface area contributed by atoms with Crippen LogP contribution in [0.3, 0.4) is 0 Å². The number of amides is 1. The Hall–Kier alpha value is -3.29. The summed E-state index contributed by atoms with van der Waals surface area (Å²) in [5.74, 6) is -0.268. The second kappa shape index (κ2) is 45.9. The Morgan fingerprint density at radius 3 is 1.30 bits per heavy atom. The first kappa shape index (κ1) is 74.0. The van der Waals surface area contributed by atoms with Gasteiger partial charge in [-0.25, -0.2) is 0 Å². The van der Waals surface area contributed by atoms with Gasteiger partial charge in [-0.2, -0.15) is 0 Å².